The number of carbonyl (C=O) groups is 1. The molecular weight excluding hydrogens is 314 g/mol. The first-order valence-corrected chi connectivity index (χ1v) is 6.40. The summed E-state index contributed by atoms with van der Waals surface area (Å²) in [5.74, 6) is -1.60. The van der Waals surface area contributed by atoms with Crippen LogP contribution >= 0.6 is 11.8 Å². The highest BCUT2D eigenvalue weighted by Crippen LogP contribution is 2.24. The Morgan fingerprint density at radius 1 is 1.33 bits per heavy atom. The summed E-state index contributed by atoms with van der Waals surface area (Å²) in [6.45, 7) is 0. The lowest BCUT2D eigenvalue weighted by atomic mass is 10.2. The van der Waals surface area contributed by atoms with Crippen molar-refractivity contribution in [1.82, 2.24) is 5.32 Å². The number of nitrogens with zero attached hydrogens (tertiary/aromatic N) is 2. The highest BCUT2D eigenvalue weighted by molar-refractivity contribution is 8.15. The fourth-order valence-electron chi connectivity index (χ4n) is 1.38. The van der Waals surface area contributed by atoms with Gasteiger partial charge in [-0.05, 0) is 12.1 Å². The van der Waals surface area contributed by atoms with Gasteiger partial charge in [-0.15, -0.1) is 18.3 Å². The van der Waals surface area contributed by atoms with Crippen molar-refractivity contribution in [2.24, 2.45) is 10.2 Å². The summed E-state index contributed by atoms with van der Waals surface area (Å²) in [6, 6.07) is 2.53. The third kappa shape index (κ3) is 5.06. The second kappa shape index (κ2) is 6.12. The summed E-state index contributed by atoms with van der Waals surface area (Å²) in [4.78, 5) is 10.9. The number of amidine groups is 1. The van der Waals surface area contributed by atoms with Crippen molar-refractivity contribution in [2.45, 2.75) is 6.36 Å². The first kappa shape index (κ1) is 15.3. The van der Waals surface area contributed by atoms with Gasteiger partial charge in [-0.1, -0.05) is 11.8 Å². The maximum Gasteiger partial charge on any atom is 0.573 e. The zero-order valence-corrected chi connectivity index (χ0v) is 11.0. The molecule has 0 bridgehead atoms. The maximum absolute atomic E-state index is 13.2. The summed E-state index contributed by atoms with van der Waals surface area (Å²) >= 11 is 1.13. The number of rotatable bonds is 3. The standard InChI is InChI=1S/C11H7F4N3O2S/c12-7-1-6(2-8(3-7)20-11(13,14)15)4-16-18-10-17-9(19)5-21-10/h1-4H,5H2,(H,17,18,19). The van der Waals surface area contributed by atoms with Crippen LogP contribution in [0.15, 0.2) is 28.4 Å². The maximum atomic E-state index is 13.2. The molecule has 0 aliphatic carbocycles. The average molecular weight is 321 g/mol. The first-order chi connectivity index (χ1) is 9.82. The van der Waals surface area contributed by atoms with Gasteiger partial charge >= 0.3 is 6.36 Å². The van der Waals surface area contributed by atoms with E-state index < -0.39 is 17.9 Å². The minimum atomic E-state index is -4.91. The summed E-state index contributed by atoms with van der Waals surface area (Å²) in [5.41, 5.74) is 0.0351. The van der Waals surface area contributed by atoms with Crippen LogP contribution in [0.25, 0.3) is 0 Å². The predicted octanol–water partition coefficient (Wildman–Crippen LogP) is 2.28. The normalized spacial score (nSPS) is 17.5. The summed E-state index contributed by atoms with van der Waals surface area (Å²) < 4.78 is 53.0. The van der Waals surface area contributed by atoms with E-state index >= 15 is 0 Å². The number of hydrogen-bond acceptors (Lipinski definition) is 5. The van der Waals surface area contributed by atoms with Crippen LogP contribution in [0.2, 0.25) is 0 Å². The molecule has 10 heteroatoms. The van der Waals surface area contributed by atoms with Crippen LogP contribution in [-0.4, -0.2) is 29.4 Å². The number of amides is 1. The van der Waals surface area contributed by atoms with Gasteiger partial charge in [0.25, 0.3) is 0 Å². The Bertz CT molecular complexity index is 616. The Morgan fingerprint density at radius 2 is 2.10 bits per heavy atom. The average Bonchev–Trinajstić information content (AvgIpc) is 2.72. The largest absolute Gasteiger partial charge is 0.573 e. The molecule has 1 aliphatic heterocycles. The molecule has 1 fully saturated rings. The van der Waals surface area contributed by atoms with Crippen molar-refractivity contribution in [1.29, 1.82) is 0 Å². The molecular formula is C11H7F4N3O2S. The van der Waals surface area contributed by atoms with Gasteiger partial charge < -0.3 is 10.1 Å². The summed E-state index contributed by atoms with van der Waals surface area (Å²) in [7, 11) is 0. The number of thioether (sulfide) groups is 1. The Balaban J connectivity index is 2.11. The van der Waals surface area contributed by atoms with E-state index in [2.05, 4.69) is 20.3 Å². The SMILES string of the molecule is O=C1CSC(=NN=Cc2cc(F)cc(OC(F)(F)F)c2)N1. The zero-order valence-electron chi connectivity index (χ0n) is 10.1. The van der Waals surface area contributed by atoms with Crippen LogP contribution in [0.5, 0.6) is 5.75 Å². The number of ether oxygens (including phenoxy) is 1. The Kier molecular flexibility index (Phi) is 4.46. The van der Waals surface area contributed by atoms with Gasteiger partial charge in [-0.25, -0.2) is 4.39 Å². The van der Waals surface area contributed by atoms with Crippen molar-refractivity contribution in [3.05, 3.63) is 29.6 Å². The van der Waals surface area contributed by atoms with Crippen LogP contribution in [0.4, 0.5) is 17.6 Å². The second-order valence-electron chi connectivity index (χ2n) is 3.75. The molecule has 1 heterocycles. The molecule has 5 nitrogen and oxygen atoms in total. The molecule has 21 heavy (non-hydrogen) atoms. The number of benzene rings is 1. The highest BCUT2D eigenvalue weighted by Gasteiger charge is 2.31. The lowest BCUT2D eigenvalue weighted by Gasteiger charge is -2.09. The second-order valence-corrected chi connectivity index (χ2v) is 4.72. The van der Waals surface area contributed by atoms with Crippen molar-refractivity contribution >= 4 is 29.1 Å². The van der Waals surface area contributed by atoms with Gasteiger partial charge in [0.1, 0.15) is 11.6 Å². The van der Waals surface area contributed by atoms with Crippen molar-refractivity contribution in [2.75, 3.05) is 5.75 Å². The third-order valence-electron chi connectivity index (χ3n) is 2.07. The molecule has 2 rings (SSSR count). The molecule has 1 aromatic rings. The van der Waals surface area contributed by atoms with E-state index in [0.29, 0.717) is 6.07 Å². The van der Waals surface area contributed by atoms with Gasteiger partial charge in [0, 0.05) is 11.6 Å². The minimum Gasteiger partial charge on any atom is -0.406 e. The Hall–Kier alpha value is -2.10. The Morgan fingerprint density at radius 3 is 2.71 bits per heavy atom. The Labute approximate surface area is 120 Å². The highest BCUT2D eigenvalue weighted by atomic mass is 32.2. The summed E-state index contributed by atoms with van der Waals surface area (Å²) in [6.07, 6.45) is -3.86. The van der Waals surface area contributed by atoms with Crippen LogP contribution in [0.3, 0.4) is 0 Å². The van der Waals surface area contributed by atoms with Crippen LogP contribution in [-0.2, 0) is 4.79 Å². The van der Waals surface area contributed by atoms with E-state index in [1.807, 2.05) is 0 Å². The first-order valence-electron chi connectivity index (χ1n) is 5.42. The van der Waals surface area contributed by atoms with Crippen molar-refractivity contribution < 1.29 is 27.1 Å². The van der Waals surface area contributed by atoms with E-state index in [0.717, 1.165) is 30.1 Å². The monoisotopic (exact) mass is 321 g/mol. The molecule has 1 aliphatic rings. The lowest BCUT2D eigenvalue weighted by molar-refractivity contribution is -0.274. The molecule has 1 N–H and O–H groups in total. The van der Waals surface area contributed by atoms with Crippen LogP contribution in [0, 0.1) is 5.82 Å². The fourth-order valence-corrected chi connectivity index (χ4v) is 2.01. The molecule has 1 saturated heterocycles. The van der Waals surface area contributed by atoms with Crippen LogP contribution < -0.4 is 10.1 Å². The number of carbonyl (C=O) groups excluding carboxylic acids is 1. The van der Waals surface area contributed by atoms with Crippen LogP contribution in [0.1, 0.15) is 5.56 Å². The molecule has 1 aromatic carbocycles. The summed E-state index contributed by atoms with van der Waals surface area (Å²) in [5, 5.41) is 9.87. The van der Waals surface area contributed by atoms with E-state index in [1.54, 1.807) is 0 Å². The van der Waals surface area contributed by atoms with E-state index in [9.17, 15) is 22.4 Å². The number of nitrogens with one attached hydrogen (secondary N) is 1. The fraction of sp³-hybridized carbons (Fsp3) is 0.182. The zero-order chi connectivity index (χ0) is 15.5. The molecule has 0 atom stereocenters. The van der Waals surface area contributed by atoms with Gasteiger partial charge in [-0.3, -0.25) is 4.79 Å². The molecule has 0 aromatic heterocycles. The number of halogens is 4. The van der Waals surface area contributed by atoms with E-state index in [4.69, 9.17) is 0 Å². The lowest BCUT2D eigenvalue weighted by Crippen LogP contribution is -2.19. The molecule has 0 radical (unpaired) electrons. The molecule has 0 spiro atoms. The topological polar surface area (TPSA) is 63.0 Å². The van der Waals surface area contributed by atoms with Gasteiger partial charge in [0.05, 0.1) is 12.0 Å². The third-order valence-corrected chi connectivity index (χ3v) is 2.93. The molecule has 0 saturated carbocycles. The quantitative estimate of drug-likeness (QED) is 0.528. The number of hydrogen-bond donors (Lipinski definition) is 1. The van der Waals surface area contributed by atoms with E-state index in [-0.39, 0.29) is 22.4 Å². The minimum absolute atomic E-state index is 0.0351. The van der Waals surface area contributed by atoms with Gasteiger partial charge in [0.2, 0.25) is 5.91 Å². The molecule has 0 unspecified atom stereocenters. The van der Waals surface area contributed by atoms with Gasteiger partial charge in [-0.2, -0.15) is 5.10 Å². The van der Waals surface area contributed by atoms with Gasteiger partial charge in [0.15, 0.2) is 5.17 Å². The smallest absolute Gasteiger partial charge is 0.406 e. The van der Waals surface area contributed by atoms with Crippen molar-refractivity contribution in [3.8, 4) is 5.75 Å². The number of alkyl halides is 3. The van der Waals surface area contributed by atoms with Crippen molar-refractivity contribution in [3.63, 3.8) is 0 Å². The molecule has 1 amide bonds. The van der Waals surface area contributed by atoms with E-state index in [1.165, 1.54) is 0 Å². The molecule has 112 valence electrons. The predicted molar refractivity (Wildman–Crippen MR) is 68.7 cm³/mol.